The minimum absolute atomic E-state index is 0.526. The molecule has 1 nitrogen and oxygen atoms in total. The Morgan fingerprint density at radius 3 is 2.40 bits per heavy atom. The SMILES string of the molecule is CCCCCCCC(=O)CC1CCCC1. The highest BCUT2D eigenvalue weighted by molar-refractivity contribution is 5.78. The van der Waals surface area contributed by atoms with Gasteiger partial charge in [-0.3, -0.25) is 4.79 Å². The van der Waals surface area contributed by atoms with Crippen LogP contribution in [-0.2, 0) is 4.79 Å². The molecular formula is C14H26O. The number of Topliss-reactive ketones (excluding diaryl/α,β-unsaturated/α-hetero) is 1. The summed E-state index contributed by atoms with van der Waals surface area (Å²) in [6.45, 7) is 2.23. The van der Waals surface area contributed by atoms with E-state index in [0.29, 0.717) is 5.78 Å². The van der Waals surface area contributed by atoms with Crippen LogP contribution in [0.1, 0.15) is 77.6 Å². The second-order valence-corrected chi connectivity index (χ2v) is 5.06. The maximum atomic E-state index is 11.6. The van der Waals surface area contributed by atoms with E-state index in [2.05, 4.69) is 6.92 Å². The van der Waals surface area contributed by atoms with Gasteiger partial charge < -0.3 is 0 Å². The van der Waals surface area contributed by atoms with E-state index in [1.54, 1.807) is 0 Å². The molecular weight excluding hydrogens is 184 g/mol. The third kappa shape index (κ3) is 5.96. The van der Waals surface area contributed by atoms with E-state index in [9.17, 15) is 4.79 Å². The van der Waals surface area contributed by atoms with Crippen LogP contribution in [0.5, 0.6) is 0 Å². The largest absolute Gasteiger partial charge is 0.300 e. The van der Waals surface area contributed by atoms with E-state index >= 15 is 0 Å². The summed E-state index contributed by atoms with van der Waals surface area (Å²) in [5.41, 5.74) is 0. The van der Waals surface area contributed by atoms with Crippen LogP contribution in [0.2, 0.25) is 0 Å². The molecule has 1 rings (SSSR count). The van der Waals surface area contributed by atoms with Crippen molar-refractivity contribution in [3.05, 3.63) is 0 Å². The summed E-state index contributed by atoms with van der Waals surface area (Å²) in [6, 6.07) is 0. The zero-order chi connectivity index (χ0) is 10.9. The van der Waals surface area contributed by atoms with Crippen molar-refractivity contribution in [3.63, 3.8) is 0 Å². The first-order valence-electron chi connectivity index (χ1n) is 6.84. The highest BCUT2D eigenvalue weighted by Crippen LogP contribution is 2.28. The molecule has 0 bridgehead atoms. The fourth-order valence-corrected chi connectivity index (χ4v) is 2.56. The summed E-state index contributed by atoms with van der Waals surface area (Å²) in [6.07, 6.45) is 13.4. The zero-order valence-electron chi connectivity index (χ0n) is 10.3. The normalized spacial score (nSPS) is 17.1. The second kappa shape index (κ2) is 7.90. The van der Waals surface area contributed by atoms with Gasteiger partial charge in [-0.05, 0) is 12.3 Å². The molecule has 0 unspecified atom stereocenters. The molecule has 0 aromatic carbocycles. The second-order valence-electron chi connectivity index (χ2n) is 5.06. The van der Waals surface area contributed by atoms with Crippen molar-refractivity contribution in [2.24, 2.45) is 5.92 Å². The topological polar surface area (TPSA) is 17.1 Å². The lowest BCUT2D eigenvalue weighted by Crippen LogP contribution is -2.04. The Morgan fingerprint density at radius 1 is 1.07 bits per heavy atom. The average Bonchev–Trinajstić information content (AvgIpc) is 2.70. The van der Waals surface area contributed by atoms with Crippen molar-refractivity contribution >= 4 is 5.78 Å². The minimum atomic E-state index is 0.526. The number of carbonyl (C=O) groups is 1. The lowest BCUT2D eigenvalue weighted by atomic mass is 9.98. The van der Waals surface area contributed by atoms with Crippen molar-refractivity contribution < 1.29 is 4.79 Å². The Hall–Kier alpha value is -0.330. The molecule has 1 heteroatoms. The van der Waals surface area contributed by atoms with Crippen molar-refractivity contribution in [2.75, 3.05) is 0 Å². The molecule has 0 spiro atoms. The molecule has 0 amide bonds. The predicted molar refractivity (Wildman–Crippen MR) is 65.0 cm³/mol. The third-order valence-electron chi connectivity index (χ3n) is 3.55. The molecule has 1 fully saturated rings. The number of hydrogen-bond acceptors (Lipinski definition) is 1. The van der Waals surface area contributed by atoms with Gasteiger partial charge in [0.25, 0.3) is 0 Å². The van der Waals surface area contributed by atoms with E-state index < -0.39 is 0 Å². The summed E-state index contributed by atoms with van der Waals surface area (Å²) >= 11 is 0. The summed E-state index contributed by atoms with van der Waals surface area (Å²) < 4.78 is 0. The van der Waals surface area contributed by atoms with Gasteiger partial charge in [0.2, 0.25) is 0 Å². The molecule has 1 aliphatic rings. The molecule has 1 saturated carbocycles. The van der Waals surface area contributed by atoms with E-state index in [1.165, 1.54) is 51.4 Å². The molecule has 0 heterocycles. The highest BCUT2D eigenvalue weighted by Gasteiger charge is 2.17. The fraction of sp³-hybridized carbons (Fsp3) is 0.929. The molecule has 0 radical (unpaired) electrons. The standard InChI is InChI=1S/C14H26O/c1-2-3-4-5-6-11-14(15)12-13-9-7-8-10-13/h13H,2-12H2,1H3. The third-order valence-corrected chi connectivity index (χ3v) is 3.55. The predicted octanol–water partition coefficient (Wildman–Crippen LogP) is 4.50. The molecule has 0 N–H and O–H groups in total. The van der Waals surface area contributed by atoms with E-state index in [1.807, 2.05) is 0 Å². The smallest absolute Gasteiger partial charge is 0.133 e. The molecule has 0 atom stereocenters. The van der Waals surface area contributed by atoms with E-state index in [0.717, 1.165) is 25.2 Å². The van der Waals surface area contributed by atoms with Crippen LogP contribution in [0.25, 0.3) is 0 Å². The summed E-state index contributed by atoms with van der Waals surface area (Å²) in [5.74, 6) is 1.27. The number of rotatable bonds is 8. The molecule has 0 aliphatic heterocycles. The van der Waals surface area contributed by atoms with Gasteiger partial charge >= 0.3 is 0 Å². The van der Waals surface area contributed by atoms with Crippen LogP contribution in [0.4, 0.5) is 0 Å². The first-order chi connectivity index (χ1) is 7.33. The number of carbonyl (C=O) groups excluding carboxylic acids is 1. The highest BCUT2D eigenvalue weighted by atomic mass is 16.1. The number of hydrogen-bond donors (Lipinski definition) is 0. The lowest BCUT2D eigenvalue weighted by molar-refractivity contribution is -0.120. The van der Waals surface area contributed by atoms with Crippen molar-refractivity contribution in [1.82, 2.24) is 0 Å². The van der Waals surface area contributed by atoms with Crippen LogP contribution in [0, 0.1) is 5.92 Å². The zero-order valence-corrected chi connectivity index (χ0v) is 10.3. The summed E-state index contributed by atoms with van der Waals surface area (Å²) in [4.78, 5) is 11.6. The van der Waals surface area contributed by atoms with Crippen molar-refractivity contribution in [3.8, 4) is 0 Å². The van der Waals surface area contributed by atoms with Gasteiger partial charge in [-0.15, -0.1) is 0 Å². The van der Waals surface area contributed by atoms with Crippen LogP contribution in [-0.4, -0.2) is 5.78 Å². The summed E-state index contributed by atoms with van der Waals surface area (Å²) in [5, 5.41) is 0. The maximum absolute atomic E-state index is 11.6. The van der Waals surface area contributed by atoms with E-state index in [-0.39, 0.29) is 0 Å². The van der Waals surface area contributed by atoms with Crippen LogP contribution >= 0.6 is 0 Å². The lowest BCUT2D eigenvalue weighted by Gasteiger charge is -2.07. The number of ketones is 1. The molecule has 0 saturated heterocycles. The van der Waals surface area contributed by atoms with E-state index in [4.69, 9.17) is 0 Å². The van der Waals surface area contributed by atoms with Gasteiger partial charge in [0.15, 0.2) is 0 Å². The number of unbranched alkanes of at least 4 members (excludes halogenated alkanes) is 4. The first-order valence-corrected chi connectivity index (χ1v) is 6.84. The van der Waals surface area contributed by atoms with Crippen molar-refractivity contribution in [1.29, 1.82) is 0 Å². The Bertz CT molecular complexity index is 168. The molecule has 0 aromatic heterocycles. The van der Waals surface area contributed by atoms with Crippen LogP contribution in [0.15, 0.2) is 0 Å². The van der Waals surface area contributed by atoms with Gasteiger partial charge in [0.05, 0.1) is 0 Å². The average molecular weight is 210 g/mol. The minimum Gasteiger partial charge on any atom is -0.300 e. The quantitative estimate of drug-likeness (QED) is 0.539. The fourth-order valence-electron chi connectivity index (χ4n) is 2.56. The van der Waals surface area contributed by atoms with Crippen molar-refractivity contribution in [2.45, 2.75) is 77.6 Å². The maximum Gasteiger partial charge on any atom is 0.133 e. The monoisotopic (exact) mass is 210 g/mol. The molecule has 0 aromatic rings. The van der Waals surface area contributed by atoms with Gasteiger partial charge in [0.1, 0.15) is 5.78 Å². The first kappa shape index (κ1) is 12.7. The Balaban J connectivity index is 1.93. The van der Waals surface area contributed by atoms with Gasteiger partial charge in [0, 0.05) is 12.8 Å². The van der Waals surface area contributed by atoms with Gasteiger partial charge in [-0.25, -0.2) is 0 Å². The van der Waals surface area contributed by atoms with Crippen LogP contribution in [0.3, 0.4) is 0 Å². The molecule has 1 aliphatic carbocycles. The van der Waals surface area contributed by atoms with Crippen LogP contribution < -0.4 is 0 Å². The molecule has 88 valence electrons. The Kier molecular flexibility index (Phi) is 6.71. The Labute approximate surface area is 94.6 Å². The van der Waals surface area contributed by atoms with Gasteiger partial charge in [-0.2, -0.15) is 0 Å². The Morgan fingerprint density at radius 2 is 1.73 bits per heavy atom. The molecule has 15 heavy (non-hydrogen) atoms. The van der Waals surface area contributed by atoms with Gasteiger partial charge in [-0.1, -0.05) is 58.3 Å². The summed E-state index contributed by atoms with van der Waals surface area (Å²) in [7, 11) is 0.